The molecule has 0 saturated carbocycles. The first-order valence-electron chi connectivity index (χ1n) is 6.27. The topological polar surface area (TPSA) is 102 Å². The predicted molar refractivity (Wildman–Crippen MR) is 68.7 cm³/mol. The molecular weight excluding hydrogens is 323 g/mol. The Morgan fingerprint density at radius 1 is 1.43 bits per heavy atom. The van der Waals surface area contributed by atoms with Gasteiger partial charge in [0.05, 0.1) is 4.92 Å². The number of ether oxygens (including phenoxy) is 1. The second-order valence-corrected chi connectivity index (χ2v) is 4.50. The zero-order chi connectivity index (χ0) is 17.2. The number of halogens is 3. The molecule has 1 aliphatic rings. The lowest BCUT2D eigenvalue weighted by atomic mass is 10.1. The maximum absolute atomic E-state index is 12.9. The molecule has 0 unspecified atom stereocenters. The Labute approximate surface area is 127 Å². The molecule has 1 fully saturated rings. The number of hydrogen-bond donors (Lipinski definition) is 1. The van der Waals surface area contributed by atoms with Crippen molar-refractivity contribution in [3.05, 3.63) is 33.9 Å². The van der Waals surface area contributed by atoms with Crippen LogP contribution < -0.4 is 10.1 Å². The summed E-state index contributed by atoms with van der Waals surface area (Å²) in [6, 6.07) is 1.26. The molecule has 1 saturated heterocycles. The van der Waals surface area contributed by atoms with Crippen LogP contribution in [0.25, 0.3) is 0 Å². The fourth-order valence-electron chi connectivity index (χ4n) is 1.91. The minimum absolute atomic E-state index is 0.0907. The number of carbonyl (C=O) groups excluding carboxylic acids is 2. The molecule has 0 aromatic heterocycles. The molecular formula is C12H10F3N3O5. The van der Waals surface area contributed by atoms with Gasteiger partial charge in [0.15, 0.2) is 6.61 Å². The predicted octanol–water partition coefficient (Wildman–Crippen LogP) is 1.54. The van der Waals surface area contributed by atoms with Gasteiger partial charge in [-0.25, -0.2) is 4.79 Å². The van der Waals surface area contributed by atoms with Crippen molar-refractivity contribution >= 4 is 17.6 Å². The number of nitro groups is 1. The van der Waals surface area contributed by atoms with Crippen LogP contribution in [0.4, 0.5) is 23.7 Å². The molecule has 0 bridgehead atoms. The van der Waals surface area contributed by atoms with E-state index in [-0.39, 0.29) is 13.1 Å². The van der Waals surface area contributed by atoms with Crippen molar-refractivity contribution in [2.45, 2.75) is 6.18 Å². The highest BCUT2D eigenvalue weighted by molar-refractivity contribution is 5.96. The first kappa shape index (κ1) is 16.5. The Hall–Kier alpha value is -2.85. The van der Waals surface area contributed by atoms with Crippen LogP contribution in [-0.2, 0) is 11.0 Å². The van der Waals surface area contributed by atoms with Crippen molar-refractivity contribution in [3.8, 4) is 5.75 Å². The number of amides is 3. The fourth-order valence-corrected chi connectivity index (χ4v) is 1.91. The summed E-state index contributed by atoms with van der Waals surface area (Å²) in [6.45, 7) is -0.461. The largest absolute Gasteiger partial charge is 0.483 e. The van der Waals surface area contributed by atoms with Gasteiger partial charge in [0.1, 0.15) is 11.3 Å². The summed E-state index contributed by atoms with van der Waals surface area (Å²) in [5.74, 6) is -1.54. The molecule has 124 valence electrons. The molecule has 1 heterocycles. The lowest BCUT2D eigenvalue weighted by Gasteiger charge is -2.16. The van der Waals surface area contributed by atoms with Crippen molar-refractivity contribution in [2.75, 3.05) is 19.7 Å². The van der Waals surface area contributed by atoms with Crippen LogP contribution in [0.15, 0.2) is 18.2 Å². The number of hydrogen-bond acceptors (Lipinski definition) is 5. The molecule has 0 radical (unpaired) electrons. The van der Waals surface area contributed by atoms with Gasteiger partial charge >= 0.3 is 12.2 Å². The Kier molecular flexibility index (Phi) is 4.38. The van der Waals surface area contributed by atoms with E-state index < -0.39 is 46.6 Å². The van der Waals surface area contributed by atoms with Gasteiger partial charge in [-0.1, -0.05) is 0 Å². The SMILES string of the molecule is O=C(COc1ccc([N+](=O)[O-])cc1C(F)(F)F)N1CCNC1=O. The van der Waals surface area contributed by atoms with E-state index in [1.54, 1.807) is 0 Å². The number of urea groups is 1. The highest BCUT2D eigenvalue weighted by Gasteiger charge is 2.36. The van der Waals surface area contributed by atoms with Crippen LogP contribution >= 0.6 is 0 Å². The number of carbonyl (C=O) groups is 2. The number of benzene rings is 1. The standard InChI is InChI=1S/C12H10F3N3O5/c13-12(14,15)8-5-7(18(21)22)1-2-9(8)23-6-10(19)17-4-3-16-11(17)20/h1-2,5H,3-4,6H2,(H,16,20). The van der Waals surface area contributed by atoms with Crippen LogP contribution in [0, 0.1) is 10.1 Å². The summed E-state index contributed by atoms with van der Waals surface area (Å²) in [5, 5.41) is 12.9. The molecule has 11 heteroatoms. The lowest BCUT2D eigenvalue weighted by molar-refractivity contribution is -0.385. The summed E-state index contributed by atoms with van der Waals surface area (Å²) in [5.41, 5.74) is -2.12. The van der Waals surface area contributed by atoms with Crippen molar-refractivity contribution in [1.29, 1.82) is 0 Å². The average molecular weight is 333 g/mol. The minimum Gasteiger partial charge on any atom is -0.483 e. The zero-order valence-corrected chi connectivity index (χ0v) is 11.4. The summed E-state index contributed by atoms with van der Waals surface area (Å²) in [4.78, 5) is 33.4. The molecule has 2 rings (SSSR count). The first-order valence-corrected chi connectivity index (χ1v) is 6.27. The van der Waals surface area contributed by atoms with E-state index in [4.69, 9.17) is 4.74 Å². The Morgan fingerprint density at radius 2 is 2.13 bits per heavy atom. The van der Waals surface area contributed by atoms with Crippen LogP contribution in [-0.4, -0.2) is 41.5 Å². The Balaban J connectivity index is 2.17. The zero-order valence-electron chi connectivity index (χ0n) is 11.4. The van der Waals surface area contributed by atoms with E-state index in [9.17, 15) is 32.9 Å². The van der Waals surface area contributed by atoms with E-state index in [1.165, 1.54) is 0 Å². The second-order valence-electron chi connectivity index (χ2n) is 4.50. The highest BCUT2D eigenvalue weighted by Crippen LogP contribution is 2.38. The van der Waals surface area contributed by atoms with E-state index in [2.05, 4.69) is 5.32 Å². The maximum Gasteiger partial charge on any atom is 0.420 e. The molecule has 1 aliphatic heterocycles. The van der Waals surface area contributed by atoms with Gasteiger partial charge < -0.3 is 10.1 Å². The van der Waals surface area contributed by atoms with E-state index in [0.717, 1.165) is 17.0 Å². The first-order chi connectivity index (χ1) is 10.7. The third-order valence-electron chi connectivity index (χ3n) is 2.99. The molecule has 1 N–H and O–H groups in total. The van der Waals surface area contributed by atoms with Crippen LogP contribution in [0.3, 0.4) is 0 Å². The van der Waals surface area contributed by atoms with Crippen molar-refractivity contribution in [3.63, 3.8) is 0 Å². The van der Waals surface area contributed by atoms with Gasteiger partial charge in [0.25, 0.3) is 11.6 Å². The molecule has 3 amide bonds. The normalized spacial score (nSPS) is 14.6. The molecule has 1 aromatic carbocycles. The summed E-state index contributed by atoms with van der Waals surface area (Å²) >= 11 is 0. The molecule has 1 aromatic rings. The van der Waals surface area contributed by atoms with E-state index >= 15 is 0 Å². The summed E-state index contributed by atoms with van der Waals surface area (Å²) in [7, 11) is 0. The van der Waals surface area contributed by atoms with Crippen LogP contribution in [0.2, 0.25) is 0 Å². The van der Waals surface area contributed by atoms with Gasteiger partial charge in [-0.2, -0.15) is 13.2 Å². The number of nitrogens with one attached hydrogen (secondary N) is 1. The molecule has 0 atom stereocenters. The van der Waals surface area contributed by atoms with Crippen molar-refractivity contribution in [1.82, 2.24) is 10.2 Å². The minimum atomic E-state index is -4.89. The maximum atomic E-state index is 12.9. The van der Waals surface area contributed by atoms with Crippen LogP contribution in [0.1, 0.15) is 5.56 Å². The molecule has 0 spiro atoms. The van der Waals surface area contributed by atoms with Gasteiger partial charge in [-0.3, -0.25) is 19.8 Å². The molecule has 8 nitrogen and oxygen atoms in total. The highest BCUT2D eigenvalue weighted by atomic mass is 19.4. The fraction of sp³-hybridized carbons (Fsp3) is 0.333. The summed E-state index contributed by atoms with van der Waals surface area (Å²) < 4.78 is 43.6. The number of alkyl halides is 3. The van der Waals surface area contributed by atoms with Crippen molar-refractivity contribution in [2.24, 2.45) is 0 Å². The Morgan fingerprint density at radius 3 is 2.65 bits per heavy atom. The monoisotopic (exact) mass is 333 g/mol. The quantitative estimate of drug-likeness (QED) is 0.665. The average Bonchev–Trinajstić information content (AvgIpc) is 2.89. The number of imide groups is 1. The summed E-state index contributed by atoms with van der Waals surface area (Å²) in [6.07, 6.45) is -4.89. The van der Waals surface area contributed by atoms with Gasteiger partial charge in [0.2, 0.25) is 0 Å². The number of nitro benzene ring substituents is 1. The van der Waals surface area contributed by atoms with Gasteiger partial charge in [-0.15, -0.1) is 0 Å². The number of rotatable bonds is 4. The van der Waals surface area contributed by atoms with Crippen LogP contribution in [0.5, 0.6) is 5.75 Å². The van der Waals surface area contributed by atoms with Gasteiger partial charge in [-0.05, 0) is 6.07 Å². The number of nitrogens with zero attached hydrogens (tertiary/aromatic N) is 2. The smallest absolute Gasteiger partial charge is 0.420 e. The third kappa shape index (κ3) is 3.67. The Bertz CT molecular complexity index is 662. The van der Waals surface area contributed by atoms with Gasteiger partial charge in [0, 0.05) is 25.2 Å². The second kappa shape index (κ2) is 6.10. The molecule has 23 heavy (non-hydrogen) atoms. The number of non-ortho nitro benzene ring substituents is 1. The lowest BCUT2D eigenvalue weighted by Crippen LogP contribution is -2.37. The van der Waals surface area contributed by atoms with E-state index in [0.29, 0.717) is 6.07 Å². The van der Waals surface area contributed by atoms with E-state index in [1.807, 2.05) is 0 Å². The molecule has 0 aliphatic carbocycles. The third-order valence-corrected chi connectivity index (χ3v) is 2.99. The van der Waals surface area contributed by atoms with Crippen molar-refractivity contribution < 1.29 is 32.4 Å².